The largest absolute Gasteiger partial charge is 0.338 e. The number of urea groups is 2. The third-order valence-electron chi connectivity index (χ3n) is 5.66. The number of likely N-dealkylation sites (tertiary alicyclic amines) is 1. The van der Waals surface area contributed by atoms with E-state index in [1.165, 1.54) is 19.3 Å². The smallest absolute Gasteiger partial charge is 0.317 e. The zero-order chi connectivity index (χ0) is 18.1. The number of rotatable bonds is 6. The summed E-state index contributed by atoms with van der Waals surface area (Å²) in [6.45, 7) is 6.45. The number of nitrogens with zero attached hydrogens (tertiary/aromatic N) is 1. The number of carbonyl (C=O) groups is 2. The Morgan fingerprint density at radius 3 is 2.40 bits per heavy atom. The zero-order valence-corrected chi connectivity index (χ0v) is 16.0. The van der Waals surface area contributed by atoms with Crippen LogP contribution < -0.4 is 16.0 Å². The van der Waals surface area contributed by atoms with Crippen molar-refractivity contribution < 1.29 is 9.59 Å². The van der Waals surface area contributed by atoms with Crippen LogP contribution in [0, 0.1) is 5.92 Å². The second-order valence-electron chi connectivity index (χ2n) is 7.71. The molecular weight excluding hydrogens is 316 g/mol. The summed E-state index contributed by atoms with van der Waals surface area (Å²) in [6, 6.07) is 0.646. The lowest BCUT2D eigenvalue weighted by atomic mass is 9.93. The Balaban J connectivity index is 1.57. The Morgan fingerprint density at radius 1 is 1.08 bits per heavy atom. The van der Waals surface area contributed by atoms with Crippen molar-refractivity contribution in [3.05, 3.63) is 0 Å². The van der Waals surface area contributed by atoms with Gasteiger partial charge in [0, 0.05) is 31.7 Å². The van der Waals surface area contributed by atoms with E-state index >= 15 is 0 Å². The minimum atomic E-state index is -0.0707. The van der Waals surface area contributed by atoms with Crippen molar-refractivity contribution in [2.75, 3.05) is 19.6 Å². The minimum absolute atomic E-state index is 0.0707. The van der Waals surface area contributed by atoms with Crippen molar-refractivity contribution in [3.63, 3.8) is 0 Å². The van der Waals surface area contributed by atoms with E-state index in [0.717, 1.165) is 51.6 Å². The molecule has 6 nitrogen and oxygen atoms in total. The fourth-order valence-corrected chi connectivity index (χ4v) is 3.70. The van der Waals surface area contributed by atoms with Crippen LogP contribution >= 0.6 is 0 Å². The third-order valence-corrected chi connectivity index (χ3v) is 5.66. The summed E-state index contributed by atoms with van der Waals surface area (Å²) in [7, 11) is 0. The fraction of sp³-hybridized carbons (Fsp3) is 0.895. The van der Waals surface area contributed by atoms with E-state index in [2.05, 4.69) is 22.9 Å². The average Bonchev–Trinajstić information content (AvgIpc) is 2.63. The van der Waals surface area contributed by atoms with Crippen molar-refractivity contribution in [2.45, 2.75) is 83.7 Å². The Morgan fingerprint density at radius 2 is 1.76 bits per heavy atom. The summed E-state index contributed by atoms with van der Waals surface area (Å²) in [5.74, 6) is 0.600. The van der Waals surface area contributed by atoms with Crippen LogP contribution in [0.1, 0.15) is 71.6 Å². The van der Waals surface area contributed by atoms with Crippen LogP contribution in [0.2, 0.25) is 0 Å². The molecule has 1 aliphatic heterocycles. The average molecular weight is 353 g/mol. The minimum Gasteiger partial charge on any atom is -0.338 e. The predicted octanol–water partition coefficient (Wildman–Crippen LogP) is 3.23. The van der Waals surface area contributed by atoms with Crippen LogP contribution in [-0.2, 0) is 0 Å². The molecule has 1 unspecified atom stereocenters. The van der Waals surface area contributed by atoms with E-state index in [1.807, 2.05) is 11.8 Å². The highest BCUT2D eigenvalue weighted by Gasteiger charge is 2.24. The highest BCUT2D eigenvalue weighted by Crippen LogP contribution is 2.21. The molecule has 0 aromatic rings. The van der Waals surface area contributed by atoms with Crippen LogP contribution in [-0.4, -0.2) is 48.7 Å². The Bertz CT molecular complexity index is 416. The second-order valence-corrected chi connectivity index (χ2v) is 7.71. The van der Waals surface area contributed by atoms with Crippen molar-refractivity contribution in [1.29, 1.82) is 0 Å². The molecule has 144 valence electrons. The molecular formula is C19H36N4O2. The van der Waals surface area contributed by atoms with Crippen molar-refractivity contribution >= 4 is 12.1 Å². The summed E-state index contributed by atoms with van der Waals surface area (Å²) in [5, 5.41) is 9.06. The summed E-state index contributed by atoms with van der Waals surface area (Å²) >= 11 is 0. The van der Waals surface area contributed by atoms with E-state index in [-0.39, 0.29) is 18.1 Å². The molecule has 0 radical (unpaired) electrons. The molecule has 1 aliphatic carbocycles. The lowest BCUT2D eigenvalue weighted by Gasteiger charge is -2.34. The summed E-state index contributed by atoms with van der Waals surface area (Å²) < 4.78 is 0. The van der Waals surface area contributed by atoms with Gasteiger partial charge in [-0.1, -0.05) is 26.2 Å². The molecule has 4 amide bonds. The molecule has 0 aromatic carbocycles. The monoisotopic (exact) mass is 352 g/mol. The SMILES string of the molecule is CCC(C)NC(=O)NCCC1CCN(C(=O)NC2CCCCC2)CC1. The quantitative estimate of drug-likeness (QED) is 0.686. The van der Waals surface area contributed by atoms with Gasteiger partial charge < -0.3 is 20.9 Å². The predicted molar refractivity (Wildman–Crippen MR) is 101 cm³/mol. The maximum absolute atomic E-state index is 12.4. The second kappa shape index (κ2) is 10.5. The number of hydrogen-bond donors (Lipinski definition) is 3. The van der Waals surface area contributed by atoms with Gasteiger partial charge in [-0.3, -0.25) is 0 Å². The maximum atomic E-state index is 12.4. The van der Waals surface area contributed by atoms with E-state index in [0.29, 0.717) is 18.5 Å². The first-order valence-electron chi connectivity index (χ1n) is 10.2. The zero-order valence-electron chi connectivity index (χ0n) is 16.0. The number of hydrogen-bond acceptors (Lipinski definition) is 2. The Kier molecular flexibility index (Phi) is 8.35. The highest BCUT2D eigenvalue weighted by molar-refractivity contribution is 5.74. The number of nitrogens with one attached hydrogen (secondary N) is 3. The highest BCUT2D eigenvalue weighted by atomic mass is 16.2. The standard InChI is InChI=1S/C19H36N4O2/c1-3-15(2)21-18(24)20-12-9-16-10-13-23(14-11-16)19(25)22-17-7-5-4-6-8-17/h15-17H,3-14H2,1-2H3,(H,22,25)(H2,20,21,24). The first kappa shape index (κ1) is 19.9. The van der Waals surface area contributed by atoms with Gasteiger partial charge in [0.2, 0.25) is 0 Å². The number of carbonyl (C=O) groups excluding carboxylic acids is 2. The van der Waals surface area contributed by atoms with Crippen molar-refractivity contribution in [1.82, 2.24) is 20.9 Å². The first-order valence-corrected chi connectivity index (χ1v) is 10.2. The van der Waals surface area contributed by atoms with Crippen LogP contribution in [0.25, 0.3) is 0 Å². The molecule has 1 saturated heterocycles. The van der Waals surface area contributed by atoms with Crippen molar-refractivity contribution in [2.24, 2.45) is 5.92 Å². The van der Waals surface area contributed by atoms with Crippen LogP contribution in [0.15, 0.2) is 0 Å². The molecule has 0 bridgehead atoms. The first-order chi connectivity index (χ1) is 12.1. The van der Waals surface area contributed by atoms with Gasteiger partial charge in [-0.25, -0.2) is 9.59 Å². The Hall–Kier alpha value is -1.46. The van der Waals surface area contributed by atoms with Gasteiger partial charge in [-0.05, 0) is 51.4 Å². The maximum Gasteiger partial charge on any atom is 0.317 e. The lowest BCUT2D eigenvalue weighted by Crippen LogP contribution is -2.48. The van der Waals surface area contributed by atoms with Gasteiger partial charge in [-0.2, -0.15) is 0 Å². The van der Waals surface area contributed by atoms with Crippen LogP contribution in [0.5, 0.6) is 0 Å². The molecule has 0 spiro atoms. The molecule has 1 atom stereocenters. The van der Waals surface area contributed by atoms with Gasteiger partial charge >= 0.3 is 12.1 Å². The van der Waals surface area contributed by atoms with E-state index < -0.39 is 0 Å². The van der Waals surface area contributed by atoms with Crippen LogP contribution in [0.3, 0.4) is 0 Å². The molecule has 0 aromatic heterocycles. The Labute approximate surface area is 152 Å². The lowest BCUT2D eigenvalue weighted by molar-refractivity contribution is 0.162. The normalized spacial score (nSPS) is 20.8. The summed E-state index contributed by atoms with van der Waals surface area (Å²) in [4.78, 5) is 26.0. The van der Waals surface area contributed by atoms with Gasteiger partial charge in [0.05, 0.1) is 0 Å². The van der Waals surface area contributed by atoms with E-state index in [9.17, 15) is 9.59 Å². The van der Waals surface area contributed by atoms with Gasteiger partial charge in [0.25, 0.3) is 0 Å². The topological polar surface area (TPSA) is 73.5 Å². The fourth-order valence-electron chi connectivity index (χ4n) is 3.70. The molecule has 6 heteroatoms. The molecule has 2 fully saturated rings. The molecule has 1 saturated carbocycles. The van der Waals surface area contributed by atoms with Crippen molar-refractivity contribution in [3.8, 4) is 0 Å². The van der Waals surface area contributed by atoms with Gasteiger partial charge in [0.15, 0.2) is 0 Å². The summed E-state index contributed by atoms with van der Waals surface area (Å²) in [5.41, 5.74) is 0. The van der Waals surface area contributed by atoms with Crippen LogP contribution in [0.4, 0.5) is 9.59 Å². The number of amides is 4. The molecule has 1 heterocycles. The van der Waals surface area contributed by atoms with E-state index in [1.54, 1.807) is 0 Å². The van der Waals surface area contributed by atoms with Gasteiger partial charge in [-0.15, -0.1) is 0 Å². The molecule has 3 N–H and O–H groups in total. The summed E-state index contributed by atoms with van der Waals surface area (Å²) in [6.07, 6.45) is 10.1. The number of piperidine rings is 1. The van der Waals surface area contributed by atoms with E-state index in [4.69, 9.17) is 0 Å². The molecule has 25 heavy (non-hydrogen) atoms. The molecule has 2 aliphatic rings. The molecule has 2 rings (SSSR count). The van der Waals surface area contributed by atoms with Gasteiger partial charge in [0.1, 0.15) is 0 Å². The third kappa shape index (κ3) is 7.12.